The van der Waals surface area contributed by atoms with Crippen molar-refractivity contribution in [2.75, 3.05) is 0 Å². The van der Waals surface area contributed by atoms with E-state index in [4.69, 9.17) is 0 Å². The predicted molar refractivity (Wildman–Crippen MR) is 11.3 cm³/mol. The zero-order valence-electron chi connectivity index (χ0n) is 2.34. The Balaban J connectivity index is 3.73. The van der Waals surface area contributed by atoms with Crippen LogP contribution in [0.5, 0.6) is 0 Å². The Morgan fingerprint density at radius 3 is 0.667 bits per heavy atom. The van der Waals surface area contributed by atoms with Gasteiger partial charge in [-0.05, 0) is 0 Å². The van der Waals surface area contributed by atoms with E-state index < -0.39 is 21.8 Å². The quantitative estimate of drug-likeness (QED) is 0.472. The van der Waals surface area contributed by atoms with Gasteiger partial charge in [-0.15, -0.1) is 0 Å². The van der Waals surface area contributed by atoms with E-state index in [1.807, 2.05) is 0 Å². The van der Waals surface area contributed by atoms with E-state index in [0.29, 0.717) is 0 Å². The molecule has 0 aromatic rings. The van der Waals surface area contributed by atoms with Crippen LogP contribution < -0.4 is 0 Å². The van der Waals surface area contributed by atoms with Gasteiger partial charge in [-0.25, -0.2) is 0 Å². The summed E-state index contributed by atoms with van der Waals surface area (Å²) in [6.45, 7) is 0. The SMILES string of the molecule is [F][Bi]([F])([F])([F])[F]. The van der Waals surface area contributed by atoms with Crippen LogP contribution in [-0.2, 0) is 0 Å². The van der Waals surface area contributed by atoms with Crippen molar-refractivity contribution in [1.29, 1.82) is 0 Å². The number of halogens is 5. The zero-order valence-corrected chi connectivity index (χ0v) is 5.81. The molecule has 0 aliphatic heterocycles. The van der Waals surface area contributed by atoms with Crippen LogP contribution >= 0.6 is 0 Å². The molecule has 0 unspecified atom stereocenters. The molecule has 6 heteroatoms. The van der Waals surface area contributed by atoms with Gasteiger partial charge in [-0.3, -0.25) is 0 Å². The van der Waals surface area contributed by atoms with Crippen molar-refractivity contribution in [1.82, 2.24) is 0 Å². The Bertz CT molecular complexity index is 37.1. The summed E-state index contributed by atoms with van der Waals surface area (Å²) in [5, 5.41) is 0. The van der Waals surface area contributed by atoms with Gasteiger partial charge in [0.1, 0.15) is 0 Å². The molecular weight excluding hydrogens is 304 g/mol. The molecule has 0 saturated heterocycles. The summed E-state index contributed by atoms with van der Waals surface area (Å²) in [7, 11) is 0. The van der Waals surface area contributed by atoms with E-state index in [1.54, 1.807) is 0 Å². The van der Waals surface area contributed by atoms with Gasteiger partial charge in [0.15, 0.2) is 0 Å². The van der Waals surface area contributed by atoms with E-state index in [0.717, 1.165) is 0 Å². The summed E-state index contributed by atoms with van der Waals surface area (Å²) < 4.78 is 49.6. The van der Waals surface area contributed by atoms with Gasteiger partial charge < -0.3 is 0 Å². The third-order valence-corrected chi connectivity index (χ3v) is 0. The Morgan fingerprint density at radius 1 is 0.667 bits per heavy atom. The summed E-state index contributed by atoms with van der Waals surface area (Å²) in [4.78, 5) is 0. The molecule has 0 amide bonds. The average Bonchev–Trinajstić information content (AvgIpc) is 0.650. The van der Waals surface area contributed by atoms with E-state index in [1.165, 1.54) is 0 Å². The first kappa shape index (κ1) is 6.53. The van der Waals surface area contributed by atoms with E-state index in [2.05, 4.69) is 0 Å². The van der Waals surface area contributed by atoms with Crippen LogP contribution in [0.1, 0.15) is 0 Å². The van der Waals surface area contributed by atoms with Crippen LogP contribution in [-0.4, -0.2) is 21.8 Å². The molecule has 0 aromatic heterocycles. The standard InChI is InChI=1S/Bi.5FH/h;5*1H/q+5;;;;;/p-5. The van der Waals surface area contributed by atoms with Crippen molar-refractivity contribution in [3.05, 3.63) is 0 Å². The Hall–Kier alpha value is 0.533. The molecule has 0 saturated carbocycles. The third-order valence-electron chi connectivity index (χ3n) is 0. The Morgan fingerprint density at radius 2 is 0.667 bits per heavy atom. The van der Waals surface area contributed by atoms with Crippen LogP contribution in [0.4, 0.5) is 13.1 Å². The molecule has 0 spiro atoms. The van der Waals surface area contributed by atoms with Crippen molar-refractivity contribution in [3.8, 4) is 0 Å². The molecule has 0 fully saturated rings. The first-order valence-electron chi connectivity index (χ1n) is 0.845. The molecule has 40 valence electrons. The normalized spacial score (nSPS) is 19.2. The summed E-state index contributed by atoms with van der Waals surface area (Å²) in [5.74, 6) is 0. The summed E-state index contributed by atoms with van der Waals surface area (Å²) in [6, 6.07) is 0. The summed E-state index contributed by atoms with van der Waals surface area (Å²) >= 11 is -9.30. The molecular formula is BiF5. The van der Waals surface area contributed by atoms with Crippen LogP contribution in [0, 0.1) is 0 Å². The summed E-state index contributed by atoms with van der Waals surface area (Å²) in [6.07, 6.45) is 0. The maximum absolute atomic E-state index is 9.92. The molecule has 0 atom stereocenters. The zero-order chi connectivity index (χ0) is 5.45. The average molecular weight is 304 g/mol. The second-order valence-electron chi connectivity index (χ2n) is 0.639. The third kappa shape index (κ3) is 199. The van der Waals surface area contributed by atoms with Crippen molar-refractivity contribution in [2.45, 2.75) is 0 Å². The van der Waals surface area contributed by atoms with Crippen molar-refractivity contribution < 1.29 is 13.1 Å². The molecule has 6 heavy (non-hydrogen) atoms. The second kappa shape index (κ2) is 1.02. The molecule has 0 rings (SSSR count). The van der Waals surface area contributed by atoms with Crippen LogP contribution in [0.3, 0.4) is 0 Å². The van der Waals surface area contributed by atoms with Crippen LogP contribution in [0.2, 0.25) is 0 Å². The van der Waals surface area contributed by atoms with Gasteiger partial charge in [0.25, 0.3) is 0 Å². The van der Waals surface area contributed by atoms with Crippen LogP contribution in [0.15, 0.2) is 0 Å². The number of hydrogen-bond acceptors (Lipinski definition) is 0. The van der Waals surface area contributed by atoms with Crippen molar-refractivity contribution >= 4 is 21.8 Å². The molecule has 0 aromatic carbocycles. The first-order chi connectivity index (χ1) is 2.24. The fraction of sp³-hybridized carbons (Fsp3) is 0. The topological polar surface area (TPSA) is 0 Å². The maximum atomic E-state index is 9.92. The number of rotatable bonds is 0. The monoisotopic (exact) mass is 304 g/mol. The van der Waals surface area contributed by atoms with Crippen molar-refractivity contribution in [2.24, 2.45) is 0 Å². The van der Waals surface area contributed by atoms with Gasteiger partial charge in [-0.2, -0.15) is 0 Å². The molecule has 0 heterocycles. The van der Waals surface area contributed by atoms with E-state index in [9.17, 15) is 13.1 Å². The van der Waals surface area contributed by atoms with E-state index in [-0.39, 0.29) is 0 Å². The molecule has 0 aliphatic rings. The second-order valence-corrected chi connectivity index (χ2v) is 5.61. The molecule has 0 aliphatic carbocycles. The minimum atomic E-state index is -9.30. The van der Waals surface area contributed by atoms with Gasteiger partial charge >= 0.3 is 35.0 Å². The van der Waals surface area contributed by atoms with Crippen molar-refractivity contribution in [3.63, 3.8) is 0 Å². The predicted octanol–water partition coefficient (Wildman–Crippen LogP) is 1.72. The molecule has 0 nitrogen and oxygen atoms in total. The minimum absolute atomic E-state index is 9.30. The molecule has 0 radical (unpaired) electrons. The number of hydrogen-bond donors (Lipinski definition) is 0. The van der Waals surface area contributed by atoms with Gasteiger partial charge in [0, 0.05) is 0 Å². The fourth-order valence-corrected chi connectivity index (χ4v) is 0. The summed E-state index contributed by atoms with van der Waals surface area (Å²) in [5.41, 5.74) is 0. The Labute approximate surface area is 35.5 Å². The van der Waals surface area contributed by atoms with Crippen LogP contribution in [0.25, 0.3) is 0 Å². The van der Waals surface area contributed by atoms with E-state index >= 15 is 0 Å². The van der Waals surface area contributed by atoms with Gasteiger partial charge in [-0.1, -0.05) is 0 Å². The van der Waals surface area contributed by atoms with Gasteiger partial charge in [0.05, 0.1) is 0 Å². The first-order valence-corrected chi connectivity index (χ1v) is 7.42. The van der Waals surface area contributed by atoms with Gasteiger partial charge in [0.2, 0.25) is 0 Å². The fourth-order valence-electron chi connectivity index (χ4n) is 0. The Kier molecular flexibility index (Phi) is 1.12. The molecule has 0 bridgehead atoms. The molecule has 0 N–H and O–H groups in total.